The van der Waals surface area contributed by atoms with E-state index in [1.807, 2.05) is 0 Å². The number of fused-ring (bicyclic) bond motifs is 2. The average molecular weight is 391 g/mol. The van der Waals surface area contributed by atoms with Crippen molar-refractivity contribution in [2.75, 3.05) is 0 Å². The van der Waals surface area contributed by atoms with E-state index < -0.39 is 0 Å². The van der Waals surface area contributed by atoms with Crippen LogP contribution in [0.25, 0.3) is 0 Å². The van der Waals surface area contributed by atoms with E-state index in [2.05, 4.69) is 20.8 Å². The molecule has 0 aromatic rings. The van der Waals surface area contributed by atoms with Crippen molar-refractivity contribution in [2.24, 2.45) is 23.2 Å². The second kappa shape index (κ2) is 9.38. The Bertz CT molecular complexity index is 485. The van der Waals surface area contributed by atoms with Crippen LogP contribution in [0.5, 0.6) is 0 Å². The van der Waals surface area contributed by atoms with Crippen molar-refractivity contribution in [3.8, 4) is 0 Å². The number of hydrogen-bond acceptors (Lipinski definition) is 2. The highest BCUT2D eigenvalue weighted by Crippen LogP contribution is 2.58. The second-order valence-electron chi connectivity index (χ2n) is 10.6. The largest absolute Gasteiger partial charge is 0.370 e. The fraction of sp³-hybridized carbons (Fsp3) is 1.00. The van der Waals surface area contributed by atoms with Gasteiger partial charge in [0, 0.05) is 0 Å². The molecule has 0 aromatic carbocycles. The van der Waals surface area contributed by atoms with Gasteiger partial charge in [-0.3, -0.25) is 0 Å². The third kappa shape index (κ3) is 4.48. The van der Waals surface area contributed by atoms with Crippen molar-refractivity contribution in [3.63, 3.8) is 0 Å². The van der Waals surface area contributed by atoms with Crippen molar-refractivity contribution in [2.45, 2.75) is 141 Å². The van der Waals surface area contributed by atoms with E-state index in [4.69, 9.17) is 9.47 Å². The highest BCUT2D eigenvalue weighted by Gasteiger charge is 2.54. The van der Waals surface area contributed by atoms with E-state index in [0.29, 0.717) is 29.8 Å². The van der Waals surface area contributed by atoms with Gasteiger partial charge in [0.1, 0.15) is 0 Å². The standard InChI is InChI=1S/C26H46O2/c1-4-7-8-9-10-11-12-21(19-13-15-22-24(17-19)27-22)26(5-2,6-3)20-14-16-23-25(18-20)28-23/h19-25H,4-18H2,1-3H3. The molecule has 28 heavy (non-hydrogen) atoms. The fourth-order valence-electron chi connectivity index (χ4n) is 7.52. The Morgan fingerprint density at radius 3 is 2.00 bits per heavy atom. The van der Waals surface area contributed by atoms with Crippen LogP contribution >= 0.6 is 0 Å². The summed E-state index contributed by atoms with van der Waals surface area (Å²) < 4.78 is 11.9. The molecule has 0 amide bonds. The van der Waals surface area contributed by atoms with Crippen LogP contribution in [0.4, 0.5) is 0 Å². The predicted molar refractivity (Wildman–Crippen MR) is 117 cm³/mol. The summed E-state index contributed by atoms with van der Waals surface area (Å²) in [6.07, 6.45) is 23.6. The zero-order valence-electron chi connectivity index (χ0n) is 19.0. The Kier molecular flexibility index (Phi) is 7.09. The molecule has 2 aliphatic carbocycles. The molecule has 0 N–H and O–H groups in total. The van der Waals surface area contributed by atoms with Gasteiger partial charge in [-0.15, -0.1) is 0 Å². The van der Waals surface area contributed by atoms with Gasteiger partial charge in [0.15, 0.2) is 0 Å². The van der Waals surface area contributed by atoms with Crippen LogP contribution in [0.15, 0.2) is 0 Å². The monoisotopic (exact) mass is 390 g/mol. The molecule has 0 bridgehead atoms. The Balaban J connectivity index is 1.44. The molecular formula is C26H46O2. The lowest BCUT2D eigenvalue weighted by molar-refractivity contribution is -0.00978. The fourth-order valence-corrected chi connectivity index (χ4v) is 7.52. The average Bonchev–Trinajstić information content (AvgIpc) is 3.63. The lowest BCUT2D eigenvalue weighted by atomic mass is 9.54. The van der Waals surface area contributed by atoms with Crippen LogP contribution in [0.1, 0.15) is 117 Å². The number of rotatable bonds is 12. The number of ether oxygens (including phenoxy) is 2. The number of epoxide rings is 2. The molecule has 2 aliphatic heterocycles. The Morgan fingerprint density at radius 1 is 0.714 bits per heavy atom. The molecule has 0 radical (unpaired) electrons. The quantitative estimate of drug-likeness (QED) is 0.258. The van der Waals surface area contributed by atoms with Crippen LogP contribution in [0.3, 0.4) is 0 Å². The van der Waals surface area contributed by atoms with Crippen molar-refractivity contribution in [1.82, 2.24) is 0 Å². The normalized spacial score (nSPS) is 37.8. The van der Waals surface area contributed by atoms with Crippen LogP contribution in [-0.2, 0) is 9.47 Å². The predicted octanol–water partition coefficient (Wildman–Crippen LogP) is 7.29. The SMILES string of the molecule is CCCCCCCCC(C1CCC2OC2C1)C(CC)(CC)C1CCC2OC2C1. The van der Waals surface area contributed by atoms with Crippen LogP contribution in [0, 0.1) is 23.2 Å². The van der Waals surface area contributed by atoms with Gasteiger partial charge in [0.2, 0.25) is 0 Å². The molecule has 4 fully saturated rings. The van der Waals surface area contributed by atoms with Crippen LogP contribution in [0.2, 0.25) is 0 Å². The topological polar surface area (TPSA) is 25.1 Å². The number of hydrogen-bond donors (Lipinski definition) is 0. The van der Waals surface area contributed by atoms with Crippen LogP contribution in [-0.4, -0.2) is 24.4 Å². The van der Waals surface area contributed by atoms with Crippen molar-refractivity contribution < 1.29 is 9.47 Å². The van der Waals surface area contributed by atoms with Crippen molar-refractivity contribution in [1.29, 1.82) is 0 Å². The molecule has 2 nitrogen and oxygen atoms in total. The van der Waals surface area contributed by atoms with Gasteiger partial charge < -0.3 is 9.47 Å². The molecule has 7 atom stereocenters. The van der Waals surface area contributed by atoms with Gasteiger partial charge in [0.05, 0.1) is 24.4 Å². The lowest BCUT2D eigenvalue weighted by Crippen LogP contribution is -2.44. The first-order valence-corrected chi connectivity index (χ1v) is 13.0. The molecule has 0 aromatic heterocycles. The van der Waals surface area contributed by atoms with Gasteiger partial charge in [-0.1, -0.05) is 59.3 Å². The second-order valence-corrected chi connectivity index (χ2v) is 10.6. The summed E-state index contributed by atoms with van der Waals surface area (Å²) in [6, 6.07) is 0. The molecule has 2 heteroatoms. The zero-order valence-corrected chi connectivity index (χ0v) is 19.0. The molecule has 4 aliphatic rings. The lowest BCUT2D eigenvalue weighted by Gasteiger charge is -2.50. The van der Waals surface area contributed by atoms with Gasteiger partial charge >= 0.3 is 0 Å². The van der Waals surface area contributed by atoms with Crippen molar-refractivity contribution >= 4 is 0 Å². The third-order valence-corrected chi connectivity index (χ3v) is 9.35. The highest BCUT2D eigenvalue weighted by atomic mass is 16.6. The maximum Gasteiger partial charge on any atom is 0.0844 e. The van der Waals surface area contributed by atoms with Gasteiger partial charge in [-0.2, -0.15) is 0 Å². The van der Waals surface area contributed by atoms with E-state index in [-0.39, 0.29) is 0 Å². The van der Waals surface area contributed by atoms with Gasteiger partial charge in [-0.25, -0.2) is 0 Å². The summed E-state index contributed by atoms with van der Waals surface area (Å²) in [6.45, 7) is 7.34. The molecule has 0 spiro atoms. The van der Waals surface area contributed by atoms with Crippen LogP contribution < -0.4 is 0 Å². The van der Waals surface area contributed by atoms with E-state index in [1.165, 1.54) is 96.3 Å². The highest BCUT2D eigenvalue weighted by molar-refractivity contribution is 5.03. The van der Waals surface area contributed by atoms with Gasteiger partial charge in [0.25, 0.3) is 0 Å². The Labute approximate surface area is 174 Å². The van der Waals surface area contributed by atoms with Crippen molar-refractivity contribution in [3.05, 3.63) is 0 Å². The Hall–Kier alpha value is -0.0800. The molecule has 162 valence electrons. The van der Waals surface area contributed by atoms with E-state index in [1.54, 1.807) is 0 Å². The minimum absolute atomic E-state index is 0.548. The molecule has 7 unspecified atom stereocenters. The minimum atomic E-state index is 0.548. The zero-order chi connectivity index (χ0) is 19.6. The summed E-state index contributed by atoms with van der Waals surface area (Å²) in [5.41, 5.74) is 0.548. The summed E-state index contributed by atoms with van der Waals surface area (Å²) in [5.74, 6) is 2.73. The maximum absolute atomic E-state index is 5.96. The van der Waals surface area contributed by atoms with Gasteiger partial charge in [-0.05, 0) is 81.0 Å². The summed E-state index contributed by atoms with van der Waals surface area (Å²) >= 11 is 0. The molecule has 2 heterocycles. The first-order chi connectivity index (χ1) is 13.7. The molecule has 2 saturated carbocycles. The summed E-state index contributed by atoms with van der Waals surface area (Å²) in [4.78, 5) is 0. The summed E-state index contributed by atoms with van der Waals surface area (Å²) in [7, 11) is 0. The first kappa shape index (κ1) is 21.2. The molecular weight excluding hydrogens is 344 g/mol. The number of unbranched alkanes of at least 4 members (excludes halogenated alkanes) is 5. The molecule has 2 saturated heterocycles. The maximum atomic E-state index is 5.96. The summed E-state index contributed by atoms with van der Waals surface area (Å²) in [5, 5.41) is 0. The van der Waals surface area contributed by atoms with E-state index in [0.717, 1.165) is 17.8 Å². The third-order valence-electron chi connectivity index (χ3n) is 9.35. The first-order valence-electron chi connectivity index (χ1n) is 13.0. The molecule has 4 rings (SSSR count). The van der Waals surface area contributed by atoms with E-state index in [9.17, 15) is 0 Å². The van der Waals surface area contributed by atoms with E-state index >= 15 is 0 Å². The minimum Gasteiger partial charge on any atom is -0.370 e. The smallest absolute Gasteiger partial charge is 0.0844 e. The Morgan fingerprint density at radius 2 is 1.36 bits per heavy atom.